The van der Waals surface area contributed by atoms with Gasteiger partial charge in [0.1, 0.15) is 6.04 Å². The first-order valence-electron chi connectivity index (χ1n) is 7.38. The first-order valence-corrected chi connectivity index (χ1v) is 8.54. The predicted molar refractivity (Wildman–Crippen MR) is 79.8 cm³/mol. The Morgan fingerprint density at radius 3 is 2.50 bits per heavy atom. The van der Waals surface area contributed by atoms with Gasteiger partial charge in [0.15, 0.2) is 0 Å². The van der Waals surface area contributed by atoms with E-state index in [0.717, 1.165) is 18.8 Å². The highest BCUT2D eigenvalue weighted by atomic mass is 32.2. The standard InChI is InChI=1S/C14H24N2O3S/c1-3-10-4-6-11(7-5-10)15(2)14(19)16-9-20-8-12(16)13(17)18/h10-12H,3-9H2,1-2H3,(H,17,18)/t10?,11?,12-/m0/s1. The van der Waals surface area contributed by atoms with Crippen LogP contribution in [-0.4, -0.2) is 57.7 Å². The van der Waals surface area contributed by atoms with Gasteiger partial charge in [0.25, 0.3) is 0 Å². The minimum Gasteiger partial charge on any atom is -0.480 e. The van der Waals surface area contributed by atoms with Crippen molar-refractivity contribution in [3.8, 4) is 0 Å². The van der Waals surface area contributed by atoms with E-state index in [1.807, 2.05) is 7.05 Å². The molecule has 0 aromatic rings. The van der Waals surface area contributed by atoms with Gasteiger partial charge < -0.3 is 14.9 Å². The Morgan fingerprint density at radius 1 is 1.30 bits per heavy atom. The van der Waals surface area contributed by atoms with Crippen LogP contribution in [0.25, 0.3) is 0 Å². The average molecular weight is 300 g/mol. The van der Waals surface area contributed by atoms with Crippen LogP contribution >= 0.6 is 11.8 Å². The number of urea groups is 1. The topological polar surface area (TPSA) is 60.9 Å². The number of amides is 2. The Labute approximate surface area is 124 Å². The van der Waals surface area contributed by atoms with Gasteiger partial charge in [0, 0.05) is 18.8 Å². The van der Waals surface area contributed by atoms with Gasteiger partial charge in [-0.15, -0.1) is 11.8 Å². The molecule has 5 nitrogen and oxygen atoms in total. The van der Waals surface area contributed by atoms with E-state index in [0.29, 0.717) is 11.6 Å². The summed E-state index contributed by atoms with van der Waals surface area (Å²) in [5.74, 6) is 0.886. The van der Waals surface area contributed by atoms with Crippen LogP contribution in [0.2, 0.25) is 0 Å². The van der Waals surface area contributed by atoms with Crippen molar-refractivity contribution in [3.05, 3.63) is 0 Å². The van der Waals surface area contributed by atoms with Crippen molar-refractivity contribution in [2.24, 2.45) is 5.92 Å². The molecule has 2 fully saturated rings. The summed E-state index contributed by atoms with van der Waals surface area (Å²) >= 11 is 1.51. The van der Waals surface area contributed by atoms with E-state index in [2.05, 4.69) is 6.92 Å². The Morgan fingerprint density at radius 2 is 1.95 bits per heavy atom. The third-order valence-electron chi connectivity index (χ3n) is 4.66. The molecule has 1 N–H and O–H groups in total. The van der Waals surface area contributed by atoms with Crippen molar-refractivity contribution in [2.45, 2.75) is 51.1 Å². The van der Waals surface area contributed by atoms with Gasteiger partial charge in [-0.25, -0.2) is 9.59 Å². The third kappa shape index (κ3) is 3.22. The molecular formula is C14H24N2O3S. The fraction of sp³-hybridized carbons (Fsp3) is 0.857. The summed E-state index contributed by atoms with van der Waals surface area (Å²) in [4.78, 5) is 26.9. The fourth-order valence-electron chi connectivity index (χ4n) is 3.13. The van der Waals surface area contributed by atoms with Gasteiger partial charge in [0.05, 0.1) is 5.88 Å². The Hall–Kier alpha value is -0.910. The highest BCUT2D eigenvalue weighted by molar-refractivity contribution is 7.99. The number of rotatable bonds is 3. The first-order chi connectivity index (χ1) is 9.54. The molecule has 0 bridgehead atoms. The van der Waals surface area contributed by atoms with Crippen molar-refractivity contribution in [1.82, 2.24) is 9.80 Å². The summed E-state index contributed by atoms with van der Waals surface area (Å²) in [6.45, 7) is 2.22. The second kappa shape index (κ2) is 6.70. The molecule has 114 valence electrons. The van der Waals surface area contributed by atoms with Crippen molar-refractivity contribution in [1.29, 1.82) is 0 Å². The maximum Gasteiger partial charge on any atom is 0.327 e. The molecule has 6 heteroatoms. The van der Waals surface area contributed by atoms with Gasteiger partial charge in [0.2, 0.25) is 0 Å². The molecule has 1 atom stereocenters. The molecule has 1 aliphatic carbocycles. The number of carbonyl (C=O) groups excluding carboxylic acids is 1. The maximum atomic E-state index is 12.5. The fourth-order valence-corrected chi connectivity index (χ4v) is 4.27. The molecule has 0 unspecified atom stereocenters. The lowest BCUT2D eigenvalue weighted by molar-refractivity contribution is -0.141. The zero-order valence-electron chi connectivity index (χ0n) is 12.2. The molecule has 1 aliphatic heterocycles. The molecular weight excluding hydrogens is 276 g/mol. The number of carboxylic acid groups (broad SMARTS) is 1. The summed E-state index contributed by atoms with van der Waals surface area (Å²) in [6, 6.07) is -0.519. The van der Waals surface area contributed by atoms with E-state index in [-0.39, 0.29) is 12.1 Å². The highest BCUT2D eigenvalue weighted by Crippen LogP contribution is 2.30. The largest absolute Gasteiger partial charge is 0.480 e. The minimum absolute atomic E-state index is 0.123. The third-order valence-corrected chi connectivity index (χ3v) is 5.67. The first kappa shape index (κ1) is 15.5. The highest BCUT2D eigenvalue weighted by Gasteiger charge is 2.38. The number of carboxylic acids is 1. The quantitative estimate of drug-likeness (QED) is 0.870. The second-order valence-electron chi connectivity index (χ2n) is 5.80. The summed E-state index contributed by atoms with van der Waals surface area (Å²) in [6.07, 6.45) is 5.65. The molecule has 1 heterocycles. The SMILES string of the molecule is CCC1CCC(N(C)C(=O)N2CSC[C@H]2C(=O)O)CC1. The summed E-state index contributed by atoms with van der Waals surface area (Å²) < 4.78 is 0. The van der Waals surface area contributed by atoms with E-state index < -0.39 is 12.0 Å². The average Bonchev–Trinajstić information content (AvgIpc) is 2.95. The molecule has 2 amide bonds. The molecule has 2 rings (SSSR count). The number of thioether (sulfide) groups is 1. The molecule has 2 aliphatic rings. The van der Waals surface area contributed by atoms with E-state index in [9.17, 15) is 9.59 Å². The number of hydrogen-bond donors (Lipinski definition) is 1. The zero-order valence-corrected chi connectivity index (χ0v) is 13.1. The van der Waals surface area contributed by atoms with Crippen LogP contribution < -0.4 is 0 Å². The summed E-state index contributed by atoms with van der Waals surface area (Å²) in [5.41, 5.74) is 0. The number of hydrogen-bond acceptors (Lipinski definition) is 3. The van der Waals surface area contributed by atoms with Crippen LogP contribution in [0.4, 0.5) is 4.79 Å². The van der Waals surface area contributed by atoms with Gasteiger partial charge in [-0.1, -0.05) is 13.3 Å². The zero-order chi connectivity index (χ0) is 14.7. The number of aliphatic carboxylic acids is 1. The van der Waals surface area contributed by atoms with E-state index in [4.69, 9.17) is 5.11 Å². The van der Waals surface area contributed by atoms with Crippen LogP contribution in [-0.2, 0) is 4.79 Å². The van der Waals surface area contributed by atoms with Gasteiger partial charge in [-0.2, -0.15) is 0 Å². The molecule has 1 saturated carbocycles. The molecule has 20 heavy (non-hydrogen) atoms. The van der Waals surface area contributed by atoms with E-state index >= 15 is 0 Å². The van der Waals surface area contributed by atoms with Crippen molar-refractivity contribution >= 4 is 23.8 Å². The molecule has 0 spiro atoms. The van der Waals surface area contributed by atoms with Crippen molar-refractivity contribution in [2.75, 3.05) is 18.7 Å². The number of nitrogens with zero attached hydrogens (tertiary/aromatic N) is 2. The monoisotopic (exact) mass is 300 g/mol. The lowest BCUT2D eigenvalue weighted by Gasteiger charge is -2.37. The lowest BCUT2D eigenvalue weighted by Crippen LogP contribution is -2.51. The van der Waals surface area contributed by atoms with Crippen molar-refractivity contribution in [3.63, 3.8) is 0 Å². The van der Waals surface area contributed by atoms with E-state index in [1.54, 1.807) is 4.90 Å². The van der Waals surface area contributed by atoms with Crippen molar-refractivity contribution < 1.29 is 14.7 Å². The van der Waals surface area contributed by atoms with Gasteiger partial charge >= 0.3 is 12.0 Å². The van der Waals surface area contributed by atoms with Crippen LogP contribution in [0.15, 0.2) is 0 Å². The Kier molecular flexibility index (Phi) is 5.18. The lowest BCUT2D eigenvalue weighted by atomic mass is 9.84. The summed E-state index contributed by atoms with van der Waals surface area (Å²) in [7, 11) is 1.82. The molecule has 1 saturated heterocycles. The van der Waals surface area contributed by atoms with Crippen LogP contribution in [0, 0.1) is 5.92 Å². The minimum atomic E-state index is -0.897. The molecule has 0 aromatic heterocycles. The number of carbonyl (C=O) groups is 2. The van der Waals surface area contributed by atoms with Crippen LogP contribution in [0.5, 0.6) is 0 Å². The van der Waals surface area contributed by atoms with Crippen LogP contribution in [0.1, 0.15) is 39.0 Å². The second-order valence-corrected chi connectivity index (χ2v) is 6.80. The van der Waals surface area contributed by atoms with Gasteiger partial charge in [-0.3, -0.25) is 0 Å². The summed E-state index contributed by atoms with van der Waals surface area (Å²) in [5, 5.41) is 9.17. The molecule has 0 aromatic carbocycles. The Bertz CT molecular complexity index is 369. The normalized spacial score (nSPS) is 30.3. The Balaban J connectivity index is 1.93. The van der Waals surface area contributed by atoms with E-state index in [1.165, 1.54) is 35.9 Å². The molecule has 0 radical (unpaired) electrons. The predicted octanol–water partition coefficient (Wildman–Crippen LogP) is 2.47. The maximum absolute atomic E-state index is 12.5. The van der Waals surface area contributed by atoms with Crippen LogP contribution in [0.3, 0.4) is 0 Å². The smallest absolute Gasteiger partial charge is 0.327 e. The van der Waals surface area contributed by atoms with Gasteiger partial charge in [-0.05, 0) is 31.6 Å².